The van der Waals surface area contributed by atoms with Crippen LogP contribution in [0.2, 0.25) is 0 Å². The van der Waals surface area contributed by atoms with Crippen molar-refractivity contribution in [3.8, 4) is 17.6 Å². The van der Waals surface area contributed by atoms with Crippen LogP contribution in [-0.4, -0.2) is 7.11 Å². The van der Waals surface area contributed by atoms with Crippen molar-refractivity contribution in [3.05, 3.63) is 54.0 Å². The van der Waals surface area contributed by atoms with Crippen molar-refractivity contribution in [2.45, 2.75) is 6.42 Å². The smallest absolute Gasteiger partial charge is 0.176 e. The molecule has 0 aliphatic carbocycles. The van der Waals surface area contributed by atoms with Gasteiger partial charge in [-0.05, 0) is 24.1 Å². The van der Waals surface area contributed by atoms with Gasteiger partial charge in [0.1, 0.15) is 5.75 Å². The third kappa shape index (κ3) is 2.46. The summed E-state index contributed by atoms with van der Waals surface area (Å²) in [5.74, 6) is 7.57. The zero-order valence-electron chi connectivity index (χ0n) is 9.07. The first kappa shape index (κ1) is 10.4. The summed E-state index contributed by atoms with van der Waals surface area (Å²) in [6.45, 7) is 0. The number of furan rings is 1. The van der Waals surface area contributed by atoms with E-state index in [1.54, 1.807) is 13.4 Å². The molecule has 0 aliphatic rings. The fourth-order valence-corrected chi connectivity index (χ4v) is 1.43. The van der Waals surface area contributed by atoms with Crippen LogP contribution in [0.25, 0.3) is 0 Å². The lowest BCUT2D eigenvalue weighted by Gasteiger charge is -2.03. The van der Waals surface area contributed by atoms with Gasteiger partial charge in [-0.2, -0.15) is 0 Å². The Kier molecular flexibility index (Phi) is 3.30. The zero-order valence-corrected chi connectivity index (χ0v) is 9.07. The molecule has 0 saturated carbocycles. The molecule has 1 aromatic carbocycles. The topological polar surface area (TPSA) is 22.4 Å². The van der Waals surface area contributed by atoms with Crippen LogP contribution in [-0.2, 0) is 6.42 Å². The van der Waals surface area contributed by atoms with Gasteiger partial charge < -0.3 is 9.15 Å². The summed E-state index contributed by atoms with van der Waals surface area (Å²) in [7, 11) is 1.67. The molecule has 2 heteroatoms. The molecule has 0 N–H and O–H groups in total. The highest BCUT2D eigenvalue weighted by molar-refractivity contribution is 5.37. The van der Waals surface area contributed by atoms with E-state index in [2.05, 4.69) is 11.8 Å². The van der Waals surface area contributed by atoms with Gasteiger partial charge in [0, 0.05) is 12.0 Å². The van der Waals surface area contributed by atoms with Crippen molar-refractivity contribution in [2.75, 3.05) is 7.11 Å². The maximum Gasteiger partial charge on any atom is 0.176 e. The van der Waals surface area contributed by atoms with Crippen molar-refractivity contribution in [2.24, 2.45) is 0 Å². The Labute approximate surface area is 94.9 Å². The van der Waals surface area contributed by atoms with Gasteiger partial charge in [-0.15, -0.1) is 0 Å². The molecule has 2 rings (SSSR count). The van der Waals surface area contributed by atoms with Crippen LogP contribution in [0.3, 0.4) is 0 Å². The van der Waals surface area contributed by atoms with Crippen LogP contribution in [0.4, 0.5) is 0 Å². The maximum atomic E-state index is 5.24. The van der Waals surface area contributed by atoms with Crippen LogP contribution in [0, 0.1) is 11.8 Å². The fraction of sp³-hybridized carbons (Fsp3) is 0.143. The summed E-state index contributed by atoms with van der Waals surface area (Å²) in [5.41, 5.74) is 1.09. The van der Waals surface area contributed by atoms with Crippen LogP contribution in [0.5, 0.6) is 5.75 Å². The van der Waals surface area contributed by atoms with Crippen LogP contribution < -0.4 is 4.74 Å². The largest absolute Gasteiger partial charge is 0.496 e. The lowest BCUT2D eigenvalue weighted by atomic mass is 10.1. The number of methoxy groups -OCH3 is 1. The number of rotatable bonds is 2. The van der Waals surface area contributed by atoms with E-state index in [0.29, 0.717) is 12.2 Å². The molecule has 0 atom stereocenters. The second-order valence-corrected chi connectivity index (χ2v) is 3.27. The van der Waals surface area contributed by atoms with Crippen molar-refractivity contribution in [1.29, 1.82) is 0 Å². The standard InChI is InChI=1S/C14H12O2/c1-15-14-10-3-2-6-12(14)7-4-8-13-9-5-11-16-13/h2-3,5-6,9-11H,7H2,1H3. The van der Waals surface area contributed by atoms with Gasteiger partial charge in [0.05, 0.1) is 13.4 Å². The molecule has 80 valence electrons. The van der Waals surface area contributed by atoms with Gasteiger partial charge in [-0.3, -0.25) is 0 Å². The quantitative estimate of drug-likeness (QED) is 0.714. The van der Waals surface area contributed by atoms with E-state index in [1.165, 1.54) is 0 Å². The minimum atomic E-state index is 0.657. The van der Waals surface area contributed by atoms with Crippen molar-refractivity contribution in [3.63, 3.8) is 0 Å². The molecule has 0 radical (unpaired) electrons. The normalized spacial score (nSPS) is 9.31. The number of hydrogen-bond donors (Lipinski definition) is 0. The molecule has 0 unspecified atom stereocenters. The van der Waals surface area contributed by atoms with E-state index in [4.69, 9.17) is 9.15 Å². The highest BCUT2D eigenvalue weighted by Gasteiger charge is 1.98. The van der Waals surface area contributed by atoms with Gasteiger partial charge >= 0.3 is 0 Å². The van der Waals surface area contributed by atoms with E-state index in [9.17, 15) is 0 Å². The Bertz CT molecular complexity index is 501. The molecule has 1 aromatic heterocycles. The molecule has 0 aliphatic heterocycles. The summed E-state index contributed by atoms with van der Waals surface area (Å²) >= 11 is 0. The SMILES string of the molecule is COc1ccccc1CC#Cc1ccco1. The lowest BCUT2D eigenvalue weighted by molar-refractivity contribution is 0.411. The third-order valence-corrected chi connectivity index (χ3v) is 2.20. The average Bonchev–Trinajstić information content (AvgIpc) is 2.83. The molecule has 0 bridgehead atoms. The van der Waals surface area contributed by atoms with Crippen molar-refractivity contribution >= 4 is 0 Å². The van der Waals surface area contributed by atoms with Gasteiger partial charge in [0.25, 0.3) is 0 Å². The van der Waals surface area contributed by atoms with E-state index in [0.717, 1.165) is 11.3 Å². The molecule has 0 spiro atoms. The third-order valence-electron chi connectivity index (χ3n) is 2.20. The Morgan fingerprint density at radius 2 is 2.06 bits per heavy atom. The van der Waals surface area contributed by atoms with Crippen molar-refractivity contribution in [1.82, 2.24) is 0 Å². The first-order chi connectivity index (χ1) is 7.90. The summed E-state index contributed by atoms with van der Waals surface area (Å²) in [5, 5.41) is 0. The highest BCUT2D eigenvalue weighted by Crippen LogP contribution is 2.17. The van der Waals surface area contributed by atoms with E-state index < -0.39 is 0 Å². The first-order valence-corrected chi connectivity index (χ1v) is 5.04. The van der Waals surface area contributed by atoms with E-state index in [1.807, 2.05) is 36.4 Å². The Morgan fingerprint density at radius 3 is 2.81 bits per heavy atom. The summed E-state index contributed by atoms with van der Waals surface area (Å²) in [6.07, 6.45) is 2.28. The second-order valence-electron chi connectivity index (χ2n) is 3.27. The average molecular weight is 212 g/mol. The predicted octanol–water partition coefficient (Wildman–Crippen LogP) is 2.88. The minimum Gasteiger partial charge on any atom is -0.496 e. The zero-order chi connectivity index (χ0) is 11.2. The predicted molar refractivity (Wildman–Crippen MR) is 62.3 cm³/mol. The molecular formula is C14H12O2. The summed E-state index contributed by atoms with van der Waals surface area (Å²) in [6, 6.07) is 11.5. The summed E-state index contributed by atoms with van der Waals surface area (Å²) in [4.78, 5) is 0. The van der Waals surface area contributed by atoms with Crippen LogP contribution in [0.15, 0.2) is 47.1 Å². The Hall–Kier alpha value is -2.14. The molecule has 2 nitrogen and oxygen atoms in total. The number of hydrogen-bond acceptors (Lipinski definition) is 2. The summed E-state index contributed by atoms with van der Waals surface area (Å²) < 4.78 is 10.4. The lowest BCUT2D eigenvalue weighted by Crippen LogP contribution is -1.89. The van der Waals surface area contributed by atoms with Crippen LogP contribution in [0.1, 0.15) is 11.3 Å². The molecule has 1 heterocycles. The number of benzene rings is 1. The second kappa shape index (κ2) is 5.09. The number of ether oxygens (including phenoxy) is 1. The van der Waals surface area contributed by atoms with E-state index >= 15 is 0 Å². The molecule has 0 saturated heterocycles. The van der Waals surface area contributed by atoms with Gasteiger partial charge in [0.15, 0.2) is 5.76 Å². The molecule has 0 fully saturated rings. The monoisotopic (exact) mass is 212 g/mol. The van der Waals surface area contributed by atoms with Crippen LogP contribution >= 0.6 is 0 Å². The van der Waals surface area contributed by atoms with Gasteiger partial charge in [-0.25, -0.2) is 0 Å². The Morgan fingerprint density at radius 1 is 1.19 bits per heavy atom. The van der Waals surface area contributed by atoms with E-state index in [-0.39, 0.29) is 0 Å². The van der Waals surface area contributed by atoms with Gasteiger partial charge in [-0.1, -0.05) is 24.1 Å². The first-order valence-electron chi connectivity index (χ1n) is 5.04. The molecule has 0 amide bonds. The number of para-hydroxylation sites is 1. The molecule has 16 heavy (non-hydrogen) atoms. The van der Waals surface area contributed by atoms with Crippen molar-refractivity contribution < 1.29 is 9.15 Å². The Balaban J connectivity index is 2.10. The highest BCUT2D eigenvalue weighted by atomic mass is 16.5. The maximum absolute atomic E-state index is 5.24. The molecular weight excluding hydrogens is 200 g/mol. The minimum absolute atomic E-state index is 0.657. The van der Waals surface area contributed by atoms with Gasteiger partial charge in [0.2, 0.25) is 0 Å². The molecule has 2 aromatic rings. The fourth-order valence-electron chi connectivity index (χ4n) is 1.43.